The number of rotatable bonds is 7. The Kier molecular flexibility index (Phi) is 6.72. The normalized spacial score (nSPS) is 10.7. The number of para-hydroxylation sites is 1. The van der Waals surface area contributed by atoms with Crippen molar-refractivity contribution in [2.75, 3.05) is 12.4 Å². The maximum atomic E-state index is 13.5. The maximum Gasteiger partial charge on any atom is 0.259 e. The Hall–Kier alpha value is -4.84. The van der Waals surface area contributed by atoms with Crippen LogP contribution in [0.4, 0.5) is 5.69 Å². The van der Waals surface area contributed by atoms with Crippen molar-refractivity contribution in [2.24, 2.45) is 0 Å². The zero-order valence-electron chi connectivity index (χ0n) is 20.9. The van der Waals surface area contributed by atoms with Gasteiger partial charge in [-0.15, -0.1) is 0 Å². The molecule has 37 heavy (non-hydrogen) atoms. The number of methoxy groups -OCH3 is 1. The number of carbonyl (C=O) groups excluding carboxylic acids is 1. The van der Waals surface area contributed by atoms with Crippen LogP contribution in [-0.2, 0) is 0 Å². The number of nitrogens with one attached hydrogen (secondary N) is 1. The van der Waals surface area contributed by atoms with Crippen molar-refractivity contribution in [1.82, 2.24) is 9.78 Å². The number of amides is 1. The van der Waals surface area contributed by atoms with Crippen LogP contribution in [-0.4, -0.2) is 22.8 Å². The third-order valence-corrected chi connectivity index (χ3v) is 5.94. The van der Waals surface area contributed by atoms with Gasteiger partial charge in [-0.05, 0) is 55.8 Å². The summed E-state index contributed by atoms with van der Waals surface area (Å²) in [6.45, 7) is 4.02. The second kappa shape index (κ2) is 10.4. The monoisotopic (exact) mass is 489 g/mol. The molecule has 0 atom stereocenters. The molecule has 1 N–H and O–H groups in total. The number of anilines is 1. The second-order valence-corrected chi connectivity index (χ2v) is 8.78. The number of carbonyl (C=O) groups is 1. The van der Waals surface area contributed by atoms with Crippen LogP contribution in [0.2, 0.25) is 0 Å². The highest BCUT2D eigenvalue weighted by atomic mass is 16.5. The average molecular weight is 490 g/mol. The lowest BCUT2D eigenvalue weighted by molar-refractivity contribution is 0.102. The van der Waals surface area contributed by atoms with Gasteiger partial charge in [0.05, 0.1) is 18.4 Å². The molecule has 1 heterocycles. The predicted molar refractivity (Wildman–Crippen MR) is 146 cm³/mol. The van der Waals surface area contributed by atoms with Crippen molar-refractivity contribution in [3.05, 3.63) is 120 Å². The quantitative estimate of drug-likeness (QED) is 0.262. The van der Waals surface area contributed by atoms with Gasteiger partial charge in [0, 0.05) is 23.5 Å². The van der Waals surface area contributed by atoms with E-state index in [1.54, 1.807) is 24.1 Å². The van der Waals surface area contributed by atoms with Crippen LogP contribution < -0.4 is 14.8 Å². The fourth-order valence-corrected chi connectivity index (χ4v) is 4.00. The summed E-state index contributed by atoms with van der Waals surface area (Å²) >= 11 is 0. The van der Waals surface area contributed by atoms with E-state index in [1.165, 1.54) is 0 Å². The van der Waals surface area contributed by atoms with E-state index in [0.717, 1.165) is 22.4 Å². The number of benzene rings is 4. The summed E-state index contributed by atoms with van der Waals surface area (Å²) in [7, 11) is 1.61. The molecule has 6 nitrogen and oxygen atoms in total. The molecule has 0 aliphatic rings. The highest BCUT2D eigenvalue weighted by Gasteiger charge is 2.19. The summed E-state index contributed by atoms with van der Waals surface area (Å²) in [6.07, 6.45) is 1.76. The van der Waals surface area contributed by atoms with Crippen molar-refractivity contribution in [2.45, 2.75) is 13.8 Å². The Bertz CT molecular complexity index is 1540. The number of aryl methyl sites for hydroxylation is 2. The summed E-state index contributed by atoms with van der Waals surface area (Å²) in [5.74, 6) is 1.56. The van der Waals surface area contributed by atoms with Crippen LogP contribution >= 0.6 is 0 Å². The highest BCUT2D eigenvalue weighted by molar-refractivity contribution is 6.08. The minimum Gasteiger partial charge on any atom is -0.493 e. The molecule has 6 heteroatoms. The van der Waals surface area contributed by atoms with E-state index in [9.17, 15) is 4.79 Å². The second-order valence-electron chi connectivity index (χ2n) is 8.78. The smallest absolute Gasteiger partial charge is 0.259 e. The van der Waals surface area contributed by atoms with Gasteiger partial charge < -0.3 is 14.8 Å². The topological polar surface area (TPSA) is 65.4 Å². The largest absolute Gasteiger partial charge is 0.493 e. The van der Waals surface area contributed by atoms with Gasteiger partial charge >= 0.3 is 0 Å². The molecule has 0 spiro atoms. The van der Waals surface area contributed by atoms with Crippen molar-refractivity contribution >= 4 is 11.6 Å². The van der Waals surface area contributed by atoms with Crippen molar-refractivity contribution in [3.63, 3.8) is 0 Å². The molecule has 0 saturated heterocycles. The molecular formula is C31H27N3O3. The molecule has 0 aliphatic carbocycles. The predicted octanol–water partition coefficient (Wildman–Crippen LogP) is 7.21. The lowest BCUT2D eigenvalue weighted by Gasteiger charge is -2.12. The van der Waals surface area contributed by atoms with Gasteiger partial charge in [0.15, 0.2) is 11.5 Å². The SMILES string of the molecule is COc1cc(C)ccc1Oc1cccc(NC(=O)c2cn(-c3ccccc3)nc2-c2ccc(C)cc2)c1. The minimum absolute atomic E-state index is 0.261. The molecule has 0 radical (unpaired) electrons. The Morgan fingerprint density at radius 3 is 2.32 bits per heavy atom. The lowest BCUT2D eigenvalue weighted by Crippen LogP contribution is -2.12. The first kappa shape index (κ1) is 23.9. The van der Waals surface area contributed by atoms with Crippen molar-refractivity contribution in [3.8, 4) is 34.2 Å². The van der Waals surface area contributed by atoms with Crippen LogP contribution in [0, 0.1) is 13.8 Å². The van der Waals surface area contributed by atoms with E-state index in [0.29, 0.717) is 34.2 Å². The van der Waals surface area contributed by atoms with E-state index >= 15 is 0 Å². The highest BCUT2D eigenvalue weighted by Crippen LogP contribution is 2.33. The minimum atomic E-state index is -0.261. The first-order valence-corrected chi connectivity index (χ1v) is 12.0. The Labute approximate surface area is 216 Å². The number of ether oxygens (including phenoxy) is 2. The zero-order valence-corrected chi connectivity index (χ0v) is 20.9. The Balaban J connectivity index is 1.44. The molecular weight excluding hydrogens is 462 g/mol. The third-order valence-electron chi connectivity index (χ3n) is 5.94. The summed E-state index contributed by atoms with van der Waals surface area (Å²) < 4.78 is 13.2. The zero-order chi connectivity index (χ0) is 25.8. The van der Waals surface area contributed by atoms with E-state index in [-0.39, 0.29) is 5.91 Å². The maximum absolute atomic E-state index is 13.5. The number of aromatic nitrogens is 2. The lowest BCUT2D eigenvalue weighted by atomic mass is 10.1. The molecule has 1 aromatic heterocycles. The molecule has 0 fully saturated rings. The molecule has 0 unspecified atom stereocenters. The van der Waals surface area contributed by atoms with E-state index in [2.05, 4.69) is 5.32 Å². The summed E-state index contributed by atoms with van der Waals surface area (Å²) in [5.41, 5.74) is 5.64. The van der Waals surface area contributed by atoms with Gasteiger partial charge in [-0.1, -0.05) is 60.2 Å². The fraction of sp³-hybridized carbons (Fsp3) is 0.0968. The molecule has 0 saturated carbocycles. The molecule has 0 bridgehead atoms. The first-order chi connectivity index (χ1) is 18.0. The molecule has 184 valence electrons. The summed E-state index contributed by atoms with van der Waals surface area (Å²) in [5, 5.41) is 7.76. The molecule has 1 amide bonds. The molecule has 5 rings (SSSR count). The van der Waals surface area contributed by atoms with Gasteiger partial charge in [0.25, 0.3) is 5.91 Å². The van der Waals surface area contributed by atoms with Gasteiger partial charge in [0.1, 0.15) is 11.4 Å². The van der Waals surface area contributed by atoms with Crippen LogP contribution in [0.25, 0.3) is 16.9 Å². The summed E-state index contributed by atoms with van der Waals surface area (Å²) in [6, 6.07) is 30.7. The first-order valence-electron chi connectivity index (χ1n) is 12.0. The van der Waals surface area contributed by atoms with E-state index in [1.807, 2.05) is 105 Å². The van der Waals surface area contributed by atoms with Crippen molar-refractivity contribution in [1.29, 1.82) is 0 Å². The van der Waals surface area contributed by atoms with E-state index < -0.39 is 0 Å². The molecule has 5 aromatic rings. The van der Waals surface area contributed by atoms with Gasteiger partial charge in [-0.2, -0.15) is 5.10 Å². The van der Waals surface area contributed by atoms with Gasteiger partial charge in [-0.25, -0.2) is 4.68 Å². The number of nitrogens with zero attached hydrogens (tertiary/aromatic N) is 2. The average Bonchev–Trinajstić information content (AvgIpc) is 3.37. The van der Waals surface area contributed by atoms with Crippen LogP contribution in [0.1, 0.15) is 21.5 Å². The fourth-order valence-electron chi connectivity index (χ4n) is 4.00. The van der Waals surface area contributed by atoms with E-state index in [4.69, 9.17) is 14.6 Å². The van der Waals surface area contributed by atoms with Crippen LogP contribution in [0.15, 0.2) is 103 Å². The van der Waals surface area contributed by atoms with Gasteiger partial charge in [0.2, 0.25) is 0 Å². The Morgan fingerprint density at radius 1 is 0.811 bits per heavy atom. The molecule has 4 aromatic carbocycles. The number of hydrogen-bond acceptors (Lipinski definition) is 4. The molecule has 0 aliphatic heterocycles. The Morgan fingerprint density at radius 2 is 1.57 bits per heavy atom. The van der Waals surface area contributed by atoms with Crippen LogP contribution in [0.5, 0.6) is 17.2 Å². The van der Waals surface area contributed by atoms with Crippen molar-refractivity contribution < 1.29 is 14.3 Å². The number of hydrogen-bond donors (Lipinski definition) is 1. The standard InChI is InChI=1S/C31H27N3O3/c1-21-12-15-23(16-13-21)30-27(20-34(33-30)25-9-5-4-6-10-25)31(35)32-24-8-7-11-26(19-24)37-28-17-14-22(2)18-29(28)36-3/h4-20H,1-3H3,(H,32,35). The van der Waals surface area contributed by atoms with Gasteiger partial charge in [-0.3, -0.25) is 4.79 Å². The third kappa shape index (κ3) is 5.38. The summed E-state index contributed by atoms with van der Waals surface area (Å²) in [4.78, 5) is 13.5. The van der Waals surface area contributed by atoms with Crippen LogP contribution in [0.3, 0.4) is 0 Å².